The van der Waals surface area contributed by atoms with Gasteiger partial charge in [0.15, 0.2) is 0 Å². The van der Waals surface area contributed by atoms with Crippen LogP contribution in [0.2, 0.25) is 0 Å². The van der Waals surface area contributed by atoms with E-state index in [1.807, 2.05) is 6.07 Å². The van der Waals surface area contributed by atoms with Crippen molar-refractivity contribution >= 4 is 16.9 Å². The van der Waals surface area contributed by atoms with Gasteiger partial charge in [-0.05, 0) is 60.9 Å². The highest BCUT2D eigenvalue weighted by molar-refractivity contribution is 5.82. The average Bonchev–Trinajstić information content (AvgIpc) is 3.50. The number of carbonyl (C=O) groups is 1. The Hall–Kier alpha value is -3.40. The number of aromatic nitrogens is 2. The minimum Gasteiger partial charge on any atom is -0.342 e. The molecule has 1 amide bonds. The van der Waals surface area contributed by atoms with Crippen molar-refractivity contribution in [2.75, 3.05) is 13.1 Å². The van der Waals surface area contributed by atoms with Crippen molar-refractivity contribution in [2.24, 2.45) is 11.8 Å². The molecule has 1 saturated carbocycles. The van der Waals surface area contributed by atoms with Gasteiger partial charge in [0.1, 0.15) is 5.82 Å². The van der Waals surface area contributed by atoms with Crippen molar-refractivity contribution in [3.8, 4) is 22.5 Å². The summed E-state index contributed by atoms with van der Waals surface area (Å²) >= 11 is 0. The first kappa shape index (κ1) is 20.2. The van der Waals surface area contributed by atoms with Crippen molar-refractivity contribution in [1.82, 2.24) is 14.5 Å². The Bertz CT molecular complexity index is 1300. The van der Waals surface area contributed by atoms with Gasteiger partial charge in [0.25, 0.3) is 0 Å². The van der Waals surface area contributed by atoms with Crippen molar-refractivity contribution in [3.63, 3.8) is 0 Å². The number of imidazole rings is 1. The summed E-state index contributed by atoms with van der Waals surface area (Å²) in [5, 5.41) is 0. The molecule has 1 saturated heterocycles. The lowest BCUT2D eigenvalue weighted by atomic mass is 10.0. The summed E-state index contributed by atoms with van der Waals surface area (Å²) in [5.41, 5.74) is 7.03. The van der Waals surface area contributed by atoms with Crippen LogP contribution in [0.25, 0.3) is 33.5 Å². The van der Waals surface area contributed by atoms with Crippen LogP contribution in [0.15, 0.2) is 72.8 Å². The van der Waals surface area contributed by atoms with Crippen LogP contribution in [-0.2, 0) is 11.3 Å². The third-order valence-electron chi connectivity index (χ3n) is 7.12. The van der Waals surface area contributed by atoms with Gasteiger partial charge in [-0.25, -0.2) is 4.98 Å². The molecule has 1 aliphatic carbocycles. The number of nitrogens with zero attached hydrogens (tertiary/aromatic N) is 3. The molecule has 4 heteroatoms. The monoisotopic (exact) mass is 435 g/mol. The molecule has 1 atom stereocenters. The second kappa shape index (κ2) is 8.18. The molecule has 2 aliphatic rings. The molecule has 0 N–H and O–H groups in total. The third-order valence-corrected chi connectivity index (χ3v) is 7.12. The number of amides is 1. The van der Waals surface area contributed by atoms with Crippen molar-refractivity contribution in [1.29, 1.82) is 0 Å². The maximum atomic E-state index is 12.6. The maximum absolute atomic E-state index is 12.6. The molecule has 0 bridgehead atoms. The summed E-state index contributed by atoms with van der Waals surface area (Å²) in [4.78, 5) is 19.7. The summed E-state index contributed by atoms with van der Waals surface area (Å²) in [5.74, 6) is 2.16. The van der Waals surface area contributed by atoms with Crippen molar-refractivity contribution in [3.05, 3.63) is 78.4 Å². The van der Waals surface area contributed by atoms with Crippen LogP contribution in [0.4, 0.5) is 0 Å². The van der Waals surface area contributed by atoms with E-state index < -0.39 is 0 Å². The van der Waals surface area contributed by atoms with Gasteiger partial charge in [0.2, 0.25) is 5.91 Å². The number of fused-ring (bicyclic) bond motifs is 1. The van der Waals surface area contributed by atoms with E-state index in [1.54, 1.807) is 0 Å². The van der Waals surface area contributed by atoms with E-state index in [4.69, 9.17) is 4.98 Å². The predicted molar refractivity (Wildman–Crippen MR) is 133 cm³/mol. The quantitative estimate of drug-likeness (QED) is 0.389. The highest BCUT2D eigenvalue weighted by Crippen LogP contribution is 2.34. The fourth-order valence-electron chi connectivity index (χ4n) is 5.11. The molecule has 1 unspecified atom stereocenters. The lowest BCUT2D eigenvalue weighted by Crippen LogP contribution is -2.30. The predicted octanol–water partition coefficient (Wildman–Crippen LogP) is 5.94. The van der Waals surface area contributed by atoms with Crippen LogP contribution in [0.3, 0.4) is 0 Å². The van der Waals surface area contributed by atoms with E-state index >= 15 is 0 Å². The number of rotatable bonds is 5. The lowest BCUT2D eigenvalue weighted by Gasteiger charge is -2.18. The first-order valence-electron chi connectivity index (χ1n) is 12.1. The van der Waals surface area contributed by atoms with E-state index in [1.165, 1.54) is 22.2 Å². The topological polar surface area (TPSA) is 38.1 Å². The second-order valence-corrected chi connectivity index (χ2v) is 9.69. The van der Waals surface area contributed by atoms with Crippen LogP contribution >= 0.6 is 0 Å². The molecular weight excluding hydrogens is 406 g/mol. The van der Waals surface area contributed by atoms with Crippen molar-refractivity contribution < 1.29 is 4.79 Å². The lowest BCUT2D eigenvalue weighted by molar-refractivity contribution is -0.131. The Morgan fingerprint density at radius 2 is 1.64 bits per heavy atom. The van der Waals surface area contributed by atoms with Crippen LogP contribution in [0.1, 0.15) is 24.8 Å². The number of benzene rings is 3. The number of hydrogen-bond acceptors (Lipinski definition) is 2. The van der Waals surface area contributed by atoms with E-state index in [-0.39, 0.29) is 0 Å². The van der Waals surface area contributed by atoms with E-state index in [0.717, 1.165) is 55.8 Å². The van der Waals surface area contributed by atoms with E-state index in [2.05, 4.69) is 83.1 Å². The summed E-state index contributed by atoms with van der Waals surface area (Å²) in [7, 11) is 0. The van der Waals surface area contributed by atoms with Crippen LogP contribution in [0, 0.1) is 18.8 Å². The highest BCUT2D eigenvalue weighted by Gasteiger charge is 2.36. The van der Waals surface area contributed by atoms with Gasteiger partial charge in [-0.2, -0.15) is 0 Å². The fourth-order valence-corrected chi connectivity index (χ4v) is 5.11. The molecule has 1 aromatic heterocycles. The molecule has 33 heavy (non-hydrogen) atoms. The fraction of sp³-hybridized carbons (Fsp3) is 0.310. The van der Waals surface area contributed by atoms with Gasteiger partial charge in [-0.15, -0.1) is 0 Å². The van der Waals surface area contributed by atoms with E-state index in [9.17, 15) is 4.79 Å². The molecule has 166 valence electrons. The molecule has 4 nitrogen and oxygen atoms in total. The van der Waals surface area contributed by atoms with Gasteiger partial charge in [0, 0.05) is 31.1 Å². The van der Waals surface area contributed by atoms with Gasteiger partial charge < -0.3 is 9.47 Å². The smallest absolute Gasteiger partial charge is 0.225 e. The molecule has 2 fully saturated rings. The minimum atomic E-state index is 0.305. The Labute approximate surface area is 194 Å². The first-order chi connectivity index (χ1) is 16.2. The Kier molecular flexibility index (Phi) is 5.01. The molecular formula is C29H29N3O. The second-order valence-electron chi connectivity index (χ2n) is 9.69. The Balaban J connectivity index is 1.33. The van der Waals surface area contributed by atoms with Crippen LogP contribution in [-0.4, -0.2) is 33.4 Å². The first-order valence-corrected chi connectivity index (χ1v) is 12.1. The third kappa shape index (κ3) is 3.95. The van der Waals surface area contributed by atoms with Crippen LogP contribution in [0.5, 0.6) is 0 Å². The van der Waals surface area contributed by atoms with Crippen LogP contribution < -0.4 is 0 Å². The zero-order valence-corrected chi connectivity index (χ0v) is 19.1. The zero-order chi connectivity index (χ0) is 22.4. The van der Waals surface area contributed by atoms with Gasteiger partial charge in [-0.3, -0.25) is 4.79 Å². The summed E-state index contributed by atoms with van der Waals surface area (Å²) < 4.78 is 2.38. The van der Waals surface area contributed by atoms with Gasteiger partial charge >= 0.3 is 0 Å². The highest BCUT2D eigenvalue weighted by atomic mass is 16.2. The van der Waals surface area contributed by atoms with Gasteiger partial charge in [-0.1, -0.05) is 60.7 Å². The average molecular weight is 436 g/mol. The van der Waals surface area contributed by atoms with E-state index in [0.29, 0.717) is 17.7 Å². The summed E-state index contributed by atoms with van der Waals surface area (Å²) in [6.45, 7) is 4.79. The zero-order valence-electron chi connectivity index (χ0n) is 19.1. The largest absolute Gasteiger partial charge is 0.342 e. The molecule has 2 heterocycles. The molecule has 6 rings (SSSR count). The number of aryl methyl sites for hydroxylation is 1. The molecule has 3 aromatic carbocycles. The molecule has 4 aromatic rings. The van der Waals surface area contributed by atoms with Crippen molar-refractivity contribution in [2.45, 2.75) is 32.7 Å². The number of hydrogen-bond donors (Lipinski definition) is 0. The standard InChI is InChI=1S/C29H29N3O/c1-20-7-14-26-27(17-20)32(19-21-15-16-31(18-21)29(33)25-12-13-25)28(30-26)24-10-8-23(9-11-24)22-5-3-2-4-6-22/h2-11,14,17,21,25H,12-13,15-16,18-19H2,1H3. The Morgan fingerprint density at radius 3 is 2.39 bits per heavy atom. The maximum Gasteiger partial charge on any atom is 0.225 e. The minimum absolute atomic E-state index is 0.305. The number of likely N-dealkylation sites (tertiary alicyclic amines) is 1. The molecule has 0 radical (unpaired) electrons. The summed E-state index contributed by atoms with van der Waals surface area (Å²) in [6, 6.07) is 25.7. The van der Waals surface area contributed by atoms with Gasteiger partial charge in [0.05, 0.1) is 11.0 Å². The Morgan fingerprint density at radius 1 is 0.909 bits per heavy atom. The molecule has 0 spiro atoms. The summed E-state index contributed by atoms with van der Waals surface area (Å²) in [6.07, 6.45) is 3.22. The number of carbonyl (C=O) groups excluding carboxylic acids is 1. The SMILES string of the molecule is Cc1ccc2nc(-c3ccc(-c4ccccc4)cc3)n(CC3CCN(C(=O)C4CC4)C3)c2c1. The normalized spacial score (nSPS) is 18.2. The molecule has 1 aliphatic heterocycles.